The summed E-state index contributed by atoms with van der Waals surface area (Å²) < 4.78 is 2.32. The lowest BCUT2D eigenvalue weighted by Gasteiger charge is -2.50. The van der Waals surface area contributed by atoms with Crippen LogP contribution >= 0.6 is 11.3 Å². The minimum Gasteiger partial charge on any atom is -0.379 e. The Balaban J connectivity index is 0.000000176. The summed E-state index contributed by atoms with van der Waals surface area (Å²) in [5.41, 5.74) is 21.2. The first-order valence-electron chi connectivity index (χ1n) is 25.8. The zero-order valence-electron chi connectivity index (χ0n) is 43.0. The average molecular weight is 965 g/mol. The summed E-state index contributed by atoms with van der Waals surface area (Å²) in [5, 5.41) is 21.6. The second kappa shape index (κ2) is 24.3. The maximum Gasteiger partial charge on any atom is 0.115 e. The fourth-order valence-corrected chi connectivity index (χ4v) is 12.0. The zero-order valence-corrected chi connectivity index (χ0v) is 43.8. The van der Waals surface area contributed by atoms with E-state index in [1.54, 1.807) is 17.7 Å². The van der Waals surface area contributed by atoms with E-state index in [4.69, 9.17) is 5.26 Å². The van der Waals surface area contributed by atoms with Gasteiger partial charge in [0, 0.05) is 126 Å². The van der Waals surface area contributed by atoms with Gasteiger partial charge in [-0.2, -0.15) is 5.26 Å². The molecule has 2 aliphatic carbocycles. The van der Waals surface area contributed by atoms with Crippen molar-refractivity contribution < 1.29 is 0 Å². The number of fused-ring (bicyclic) bond motifs is 1. The van der Waals surface area contributed by atoms with Crippen LogP contribution < -0.4 is 21.8 Å². The van der Waals surface area contributed by atoms with Gasteiger partial charge in [0.2, 0.25) is 0 Å². The van der Waals surface area contributed by atoms with Crippen molar-refractivity contribution >= 4 is 22.2 Å². The molecule has 7 heterocycles. The van der Waals surface area contributed by atoms with E-state index in [0.717, 1.165) is 86.6 Å². The molecule has 3 aliphatic heterocycles. The molecule has 3 saturated heterocycles. The predicted octanol–water partition coefficient (Wildman–Crippen LogP) is 10.4. The first-order chi connectivity index (χ1) is 33.9. The highest BCUT2D eigenvalue weighted by Crippen LogP contribution is 2.56. The van der Waals surface area contributed by atoms with Gasteiger partial charge in [-0.25, -0.2) is 20.4 Å². The summed E-state index contributed by atoms with van der Waals surface area (Å²) >= 11 is 1.63. The number of likely N-dealkylation sites (tertiary alicyclic amines) is 1. The van der Waals surface area contributed by atoms with Crippen LogP contribution in [0.3, 0.4) is 0 Å². The molecule has 4 aromatic heterocycles. The number of pyridine rings is 1. The molecule has 12 nitrogen and oxygen atoms in total. The van der Waals surface area contributed by atoms with Gasteiger partial charge in [-0.1, -0.05) is 58.9 Å². The van der Waals surface area contributed by atoms with Gasteiger partial charge in [0.05, 0.1) is 29.0 Å². The number of hydrogen-bond donors (Lipinski definition) is 4. The summed E-state index contributed by atoms with van der Waals surface area (Å²) in [7, 11) is 3.66. The van der Waals surface area contributed by atoms with Crippen LogP contribution in [0.5, 0.6) is 0 Å². The zero-order chi connectivity index (χ0) is 49.8. The number of aryl methyl sites for hydroxylation is 1. The summed E-state index contributed by atoms with van der Waals surface area (Å²) in [4.78, 5) is 20.0. The molecular weight excluding hydrogens is 885 g/mol. The van der Waals surface area contributed by atoms with E-state index in [0.29, 0.717) is 35.3 Å². The van der Waals surface area contributed by atoms with E-state index in [-0.39, 0.29) is 11.5 Å². The lowest BCUT2D eigenvalue weighted by Crippen LogP contribution is -2.68. The van der Waals surface area contributed by atoms with E-state index < -0.39 is 0 Å². The Hall–Kier alpha value is -5.23. The number of benzene rings is 1. The number of aromatic nitrogens is 5. The summed E-state index contributed by atoms with van der Waals surface area (Å²) in [6.45, 7) is 27.6. The van der Waals surface area contributed by atoms with Crippen molar-refractivity contribution in [2.45, 2.75) is 122 Å². The minimum absolute atomic E-state index is 0.151. The third kappa shape index (κ3) is 12.8. The van der Waals surface area contributed by atoms with Crippen LogP contribution in [0.4, 0.5) is 0 Å². The van der Waals surface area contributed by atoms with Crippen LogP contribution in [0.2, 0.25) is 0 Å². The lowest BCUT2D eigenvalue weighted by molar-refractivity contribution is 0.0449. The average Bonchev–Trinajstić information content (AvgIpc) is 4.03. The van der Waals surface area contributed by atoms with Crippen LogP contribution in [0, 0.1) is 34.5 Å². The quantitative estimate of drug-likeness (QED) is 0.0743. The molecule has 70 heavy (non-hydrogen) atoms. The largest absolute Gasteiger partial charge is 0.379 e. The third-order valence-electron chi connectivity index (χ3n) is 15.2. The number of nitrogens with one attached hydrogen (secondary N) is 3. The van der Waals surface area contributed by atoms with Crippen molar-refractivity contribution in [3.8, 4) is 28.6 Å². The number of thiazole rings is 1. The Labute approximate surface area is 423 Å². The first kappa shape index (κ1) is 52.6. The van der Waals surface area contributed by atoms with Crippen LogP contribution in [-0.2, 0) is 13.5 Å². The van der Waals surface area contributed by atoms with Crippen molar-refractivity contribution in [3.63, 3.8) is 0 Å². The molecule has 0 amide bonds. The molecule has 13 heteroatoms. The Bertz CT molecular complexity index is 2490. The molecule has 5 N–H and O–H groups in total. The van der Waals surface area contributed by atoms with Crippen molar-refractivity contribution in [2.24, 2.45) is 36.0 Å². The number of rotatable bonds is 15. The Morgan fingerprint density at radius 3 is 2.47 bits per heavy atom. The Kier molecular flexibility index (Phi) is 18.2. The SMILES string of the molecule is C=C(NC(CN1CC2(CCCN2)C1)C(=C)N1CCC[C@@H](C)N1)[C@@H]1C(C)C1c1ccncn1.C=CCCC(C)(C)Cc1c(-c2cccnc2)n(C)c2ccc(-c3cscn3)cc12.CN.N#CC1CCCC1. The Morgan fingerprint density at radius 1 is 1.04 bits per heavy atom. The molecule has 1 aromatic carbocycles. The van der Waals surface area contributed by atoms with Gasteiger partial charge in [0.1, 0.15) is 6.33 Å². The van der Waals surface area contributed by atoms with E-state index in [1.807, 2.05) is 42.3 Å². The number of nitriles is 1. The second-order valence-corrected chi connectivity index (χ2v) is 21.8. The molecule has 5 aliphatic rings. The van der Waals surface area contributed by atoms with Gasteiger partial charge in [0.25, 0.3) is 0 Å². The molecule has 0 bridgehead atoms. The summed E-state index contributed by atoms with van der Waals surface area (Å²) in [6.07, 6.45) is 22.3. The van der Waals surface area contributed by atoms with E-state index >= 15 is 0 Å². The number of hydrogen-bond acceptors (Lipinski definition) is 12. The Morgan fingerprint density at radius 2 is 1.84 bits per heavy atom. The predicted molar refractivity (Wildman–Crippen MR) is 289 cm³/mol. The van der Waals surface area contributed by atoms with Crippen molar-refractivity contribution in [1.29, 1.82) is 5.26 Å². The van der Waals surface area contributed by atoms with E-state index in [1.165, 1.54) is 79.8 Å². The number of allylic oxidation sites excluding steroid dienone is 2. The molecule has 5 atom stereocenters. The van der Waals surface area contributed by atoms with Crippen LogP contribution in [-0.4, -0.2) is 91.8 Å². The maximum atomic E-state index is 8.32. The van der Waals surface area contributed by atoms with E-state index in [2.05, 4.69) is 146 Å². The van der Waals surface area contributed by atoms with Gasteiger partial charge in [0.15, 0.2) is 0 Å². The van der Waals surface area contributed by atoms with Crippen LogP contribution in [0.25, 0.3) is 33.4 Å². The van der Waals surface area contributed by atoms with Gasteiger partial charge in [-0.15, -0.1) is 17.9 Å². The number of hydrazine groups is 1. The molecule has 5 fully saturated rings. The van der Waals surface area contributed by atoms with Crippen molar-refractivity contribution in [3.05, 3.63) is 121 Å². The molecular formula is C57H80N12S. The molecule has 3 unspecified atom stereocenters. The molecule has 5 aromatic rings. The highest BCUT2D eigenvalue weighted by atomic mass is 32.1. The van der Waals surface area contributed by atoms with Gasteiger partial charge >= 0.3 is 0 Å². The number of nitrogens with zero attached hydrogens (tertiary/aromatic N) is 8. The molecule has 374 valence electrons. The molecule has 10 rings (SSSR count). The van der Waals surface area contributed by atoms with Crippen LogP contribution in [0.15, 0.2) is 109 Å². The first-order valence-corrected chi connectivity index (χ1v) is 26.7. The fraction of sp³-hybridized carbons (Fsp3) is 0.526. The van der Waals surface area contributed by atoms with E-state index in [9.17, 15) is 0 Å². The second-order valence-electron chi connectivity index (χ2n) is 21.1. The minimum atomic E-state index is 0.151. The highest BCUT2D eigenvalue weighted by Gasteiger charge is 2.51. The summed E-state index contributed by atoms with van der Waals surface area (Å²) in [5.74, 6) is 1.78. The molecule has 1 spiro atoms. The topological polar surface area (TPSA) is 149 Å². The smallest absolute Gasteiger partial charge is 0.115 e. The maximum absolute atomic E-state index is 8.32. The molecule has 0 radical (unpaired) electrons. The molecule has 2 saturated carbocycles. The third-order valence-corrected chi connectivity index (χ3v) is 15.8. The fourth-order valence-electron chi connectivity index (χ4n) is 11.4. The van der Waals surface area contributed by atoms with Crippen molar-refractivity contribution in [2.75, 3.05) is 39.8 Å². The number of nitrogens with two attached hydrogens (primary N) is 1. The van der Waals surface area contributed by atoms with Gasteiger partial charge in [-0.3, -0.25) is 9.88 Å². The standard InChI is InChI=1S/C25H39N7.C25H27N3S.C6H9N.CH5N/c1-17-7-5-12-32(30-17)20(4)22(13-31-14-25(15-31)9-6-10-28-25)29-19(3)23-18(2)24(23)21-8-11-26-16-27-21;1-5-6-11-25(2,3)14-21-20-13-18(22-16-29-17-27-22)9-10-23(20)28(4)24(21)19-8-7-12-26-15-19;7-5-6-3-1-2-4-6;1-2/h8,11,16-18,22-24,28-30H,3-7,9-10,12-15H2,1-2H3;5,7-10,12-13,15-17H,1,6,11,14H2,2-4H3;6H,1-4H2;2H2,1H3/t17-,18?,22?,23+,24?;;;/m1.../s1. The summed E-state index contributed by atoms with van der Waals surface area (Å²) in [6, 6.07) is 15.8. The monoisotopic (exact) mass is 965 g/mol. The van der Waals surface area contributed by atoms with Gasteiger partial charge < -0.3 is 25.9 Å². The van der Waals surface area contributed by atoms with Crippen molar-refractivity contribution in [1.82, 2.24) is 50.5 Å². The van der Waals surface area contributed by atoms with Gasteiger partial charge in [-0.05, 0) is 126 Å². The highest BCUT2D eigenvalue weighted by molar-refractivity contribution is 7.07. The lowest BCUT2D eigenvalue weighted by atomic mass is 9.80. The van der Waals surface area contributed by atoms with Crippen LogP contribution in [0.1, 0.15) is 109 Å². The normalized spacial score (nSPS) is 22.0.